The molecule has 0 radical (unpaired) electrons. The molecular formula is C17H28N2. The summed E-state index contributed by atoms with van der Waals surface area (Å²) in [6.45, 7) is 11.0. The molecule has 2 rings (SSSR count). The van der Waals surface area contributed by atoms with Crippen LogP contribution in [0.5, 0.6) is 0 Å². The molecule has 0 bridgehead atoms. The van der Waals surface area contributed by atoms with E-state index in [1.807, 2.05) is 0 Å². The van der Waals surface area contributed by atoms with E-state index in [-0.39, 0.29) is 0 Å². The van der Waals surface area contributed by atoms with Crippen LogP contribution in [0.3, 0.4) is 0 Å². The van der Waals surface area contributed by atoms with E-state index in [0.29, 0.717) is 17.9 Å². The van der Waals surface area contributed by atoms with Crippen molar-refractivity contribution in [2.45, 2.75) is 46.1 Å². The Bertz CT molecular complexity index is 451. The molecular weight excluding hydrogens is 232 g/mol. The van der Waals surface area contributed by atoms with Gasteiger partial charge in [-0.25, -0.2) is 0 Å². The lowest BCUT2D eigenvalue weighted by Crippen LogP contribution is -2.21. The van der Waals surface area contributed by atoms with Gasteiger partial charge in [-0.1, -0.05) is 26.0 Å². The lowest BCUT2D eigenvalue weighted by molar-refractivity contribution is 0.312. The Kier molecular flexibility index (Phi) is 4.32. The summed E-state index contributed by atoms with van der Waals surface area (Å²) < 4.78 is 0. The average molecular weight is 260 g/mol. The second-order valence-electron chi connectivity index (χ2n) is 6.50. The molecule has 1 aromatic carbocycles. The van der Waals surface area contributed by atoms with Gasteiger partial charge in [-0.2, -0.15) is 0 Å². The molecule has 1 heterocycles. The first-order valence-corrected chi connectivity index (χ1v) is 7.45. The van der Waals surface area contributed by atoms with Gasteiger partial charge in [-0.3, -0.25) is 4.90 Å². The van der Waals surface area contributed by atoms with Gasteiger partial charge >= 0.3 is 0 Å². The maximum atomic E-state index is 5.86. The molecule has 2 atom stereocenters. The molecule has 2 N–H and O–H groups in total. The van der Waals surface area contributed by atoms with Crippen molar-refractivity contribution in [2.24, 2.45) is 11.7 Å². The fraction of sp³-hybridized carbons (Fsp3) is 0.647. The minimum atomic E-state index is 0.547. The lowest BCUT2D eigenvalue weighted by Gasteiger charge is -2.24. The molecule has 2 heteroatoms. The molecule has 1 fully saturated rings. The van der Waals surface area contributed by atoms with Gasteiger partial charge in [0.25, 0.3) is 0 Å². The Balaban J connectivity index is 2.39. The molecule has 1 aliphatic heterocycles. The van der Waals surface area contributed by atoms with Crippen LogP contribution in [-0.4, -0.2) is 25.0 Å². The van der Waals surface area contributed by atoms with Crippen LogP contribution in [0.1, 0.15) is 54.5 Å². The van der Waals surface area contributed by atoms with Crippen LogP contribution in [0.4, 0.5) is 0 Å². The Hall–Kier alpha value is -0.860. The van der Waals surface area contributed by atoms with E-state index >= 15 is 0 Å². The lowest BCUT2D eigenvalue weighted by atomic mass is 9.89. The zero-order valence-corrected chi connectivity index (χ0v) is 13.0. The van der Waals surface area contributed by atoms with Crippen LogP contribution in [0, 0.1) is 19.8 Å². The summed E-state index contributed by atoms with van der Waals surface area (Å²) in [6.07, 6.45) is 1.20. The van der Waals surface area contributed by atoms with Crippen molar-refractivity contribution in [1.82, 2.24) is 4.90 Å². The van der Waals surface area contributed by atoms with E-state index in [1.54, 1.807) is 0 Å². The fourth-order valence-electron chi connectivity index (χ4n) is 3.23. The zero-order valence-electron chi connectivity index (χ0n) is 13.0. The van der Waals surface area contributed by atoms with Gasteiger partial charge < -0.3 is 5.73 Å². The van der Waals surface area contributed by atoms with Crippen molar-refractivity contribution in [3.63, 3.8) is 0 Å². The number of benzene rings is 1. The minimum absolute atomic E-state index is 0.547. The molecule has 1 saturated heterocycles. The zero-order chi connectivity index (χ0) is 14.2. The smallest absolute Gasteiger partial charge is 0.0351 e. The Morgan fingerprint density at radius 2 is 2.00 bits per heavy atom. The summed E-state index contributed by atoms with van der Waals surface area (Å²) in [7, 11) is 2.23. The molecule has 0 spiro atoms. The number of hydrogen-bond acceptors (Lipinski definition) is 2. The number of nitrogens with zero attached hydrogens (tertiary/aromatic N) is 1. The third-order valence-electron chi connectivity index (χ3n) is 4.72. The summed E-state index contributed by atoms with van der Waals surface area (Å²) in [5.74, 6) is 1.24. The van der Waals surface area contributed by atoms with Crippen LogP contribution in [-0.2, 0) is 0 Å². The maximum absolute atomic E-state index is 5.86. The maximum Gasteiger partial charge on any atom is 0.0351 e. The molecule has 2 nitrogen and oxygen atoms in total. The van der Waals surface area contributed by atoms with E-state index in [9.17, 15) is 0 Å². The second kappa shape index (κ2) is 5.64. The van der Waals surface area contributed by atoms with Crippen molar-refractivity contribution in [1.29, 1.82) is 0 Å². The van der Waals surface area contributed by atoms with Gasteiger partial charge in [-0.15, -0.1) is 0 Å². The third kappa shape index (κ3) is 2.85. The summed E-state index contributed by atoms with van der Waals surface area (Å²) >= 11 is 0. The van der Waals surface area contributed by atoms with E-state index < -0.39 is 0 Å². The summed E-state index contributed by atoms with van der Waals surface area (Å²) in [5, 5.41) is 0. The highest BCUT2D eigenvalue weighted by molar-refractivity contribution is 5.41. The van der Waals surface area contributed by atoms with Crippen LogP contribution in [0.25, 0.3) is 0 Å². The third-order valence-corrected chi connectivity index (χ3v) is 4.72. The van der Waals surface area contributed by atoms with Gasteiger partial charge in [0.05, 0.1) is 0 Å². The molecule has 0 aromatic heterocycles. The standard InChI is InChI=1S/C17H28N2/c1-11(2)15-6-12(3)13(4)16(8-15)17-7-14(9-18)10-19(17)5/h6,8,11,14,17H,7,9-10,18H2,1-5H3. The highest BCUT2D eigenvalue weighted by atomic mass is 15.2. The quantitative estimate of drug-likeness (QED) is 0.902. The van der Waals surface area contributed by atoms with Gasteiger partial charge in [0.2, 0.25) is 0 Å². The first kappa shape index (κ1) is 14.5. The number of hydrogen-bond donors (Lipinski definition) is 1. The Labute approximate surface area is 118 Å². The monoisotopic (exact) mass is 260 g/mol. The Morgan fingerprint density at radius 1 is 1.32 bits per heavy atom. The molecule has 0 aliphatic carbocycles. The highest BCUT2D eigenvalue weighted by Gasteiger charge is 2.31. The molecule has 0 saturated carbocycles. The average Bonchev–Trinajstić information content (AvgIpc) is 2.73. The molecule has 0 amide bonds. The number of rotatable bonds is 3. The van der Waals surface area contributed by atoms with E-state index in [1.165, 1.54) is 28.7 Å². The first-order valence-electron chi connectivity index (χ1n) is 7.45. The molecule has 106 valence electrons. The molecule has 1 aliphatic rings. The van der Waals surface area contributed by atoms with Crippen LogP contribution < -0.4 is 5.73 Å². The van der Waals surface area contributed by atoms with Crippen molar-refractivity contribution >= 4 is 0 Å². The van der Waals surface area contributed by atoms with Crippen molar-refractivity contribution < 1.29 is 0 Å². The van der Waals surface area contributed by atoms with Crippen molar-refractivity contribution in [2.75, 3.05) is 20.1 Å². The largest absolute Gasteiger partial charge is 0.330 e. The SMILES string of the molecule is Cc1cc(C(C)C)cc(C2CC(CN)CN2C)c1C. The van der Waals surface area contributed by atoms with E-state index in [0.717, 1.165) is 13.1 Å². The molecule has 19 heavy (non-hydrogen) atoms. The van der Waals surface area contributed by atoms with Crippen LogP contribution in [0.2, 0.25) is 0 Å². The van der Waals surface area contributed by atoms with Gasteiger partial charge in [0.15, 0.2) is 0 Å². The number of likely N-dealkylation sites (tertiary alicyclic amines) is 1. The predicted molar refractivity (Wildman–Crippen MR) is 82.5 cm³/mol. The highest BCUT2D eigenvalue weighted by Crippen LogP contribution is 2.37. The normalized spacial score (nSPS) is 24.4. The second-order valence-corrected chi connectivity index (χ2v) is 6.50. The summed E-state index contributed by atoms with van der Waals surface area (Å²) in [4.78, 5) is 2.48. The molecule has 1 aromatic rings. The van der Waals surface area contributed by atoms with Crippen molar-refractivity contribution in [3.05, 3.63) is 34.4 Å². The van der Waals surface area contributed by atoms with Crippen LogP contribution in [0.15, 0.2) is 12.1 Å². The van der Waals surface area contributed by atoms with Gasteiger partial charge in [0.1, 0.15) is 0 Å². The summed E-state index contributed by atoms with van der Waals surface area (Å²) in [6, 6.07) is 5.32. The number of nitrogens with two attached hydrogens (primary N) is 1. The van der Waals surface area contributed by atoms with E-state index in [4.69, 9.17) is 5.73 Å². The Morgan fingerprint density at radius 3 is 2.53 bits per heavy atom. The summed E-state index contributed by atoms with van der Waals surface area (Å²) in [5.41, 5.74) is 11.7. The van der Waals surface area contributed by atoms with Gasteiger partial charge in [-0.05, 0) is 68.0 Å². The van der Waals surface area contributed by atoms with Crippen molar-refractivity contribution in [3.8, 4) is 0 Å². The fourth-order valence-corrected chi connectivity index (χ4v) is 3.23. The van der Waals surface area contributed by atoms with E-state index in [2.05, 4.69) is 51.8 Å². The van der Waals surface area contributed by atoms with Gasteiger partial charge in [0, 0.05) is 12.6 Å². The molecule has 2 unspecified atom stereocenters. The number of aryl methyl sites for hydroxylation is 1. The minimum Gasteiger partial charge on any atom is -0.330 e. The first-order chi connectivity index (χ1) is 8.93. The topological polar surface area (TPSA) is 29.3 Å². The predicted octanol–water partition coefficient (Wildman–Crippen LogP) is 3.38. The van der Waals surface area contributed by atoms with Crippen LogP contribution >= 0.6 is 0 Å².